The van der Waals surface area contributed by atoms with Crippen LogP contribution in [0.4, 0.5) is 5.69 Å². The lowest BCUT2D eigenvalue weighted by Gasteiger charge is -2.34. The van der Waals surface area contributed by atoms with Crippen molar-refractivity contribution in [2.75, 3.05) is 17.4 Å². The topological polar surface area (TPSA) is 86.8 Å². The zero-order valence-electron chi connectivity index (χ0n) is 24.6. The molecule has 0 aliphatic carbocycles. The van der Waals surface area contributed by atoms with E-state index in [2.05, 4.69) is 5.32 Å². The molecule has 0 radical (unpaired) electrons. The lowest BCUT2D eigenvalue weighted by molar-refractivity contribution is -0.140. The molecule has 4 aromatic carbocycles. The molecule has 0 saturated carbocycles. The lowest BCUT2D eigenvalue weighted by Crippen LogP contribution is -2.53. The Morgan fingerprint density at radius 1 is 0.795 bits per heavy atom. The molecule has 0 aromatic heterocycles. The minimum atomic E-state index is -4.26. The van der Waals surface area contributed by atoms with Gasteiger partial charge in [0.15, 0.2) is 0 Å². The Balaban J connectivity index is 1.80. The Bertz CT molecular complexity index is 1650. The summed E-state index contributed by atoms with van der Waals surface area (Å²) in [6, 6.07) is 30.0. The molecule has 1 N–H and O–H groups in total. The fourth-order valence-corrected chi connectivity index (χ4v) is 6.69. The van der Waals surface area contributed by atoms with E-state index in [9.17, 15) is 18.0 Å². The molecular formula is C34H35Cl2N3O4S. The molecule has 44 heavy (non-hydrogen) atoms. The highest BCUT2D eigenvalue weighted by atomic mass is 35.5. The van der Waals surface area contributed by atoms with Crippen LogP contribution in [-0.4, -0.2) is 44.3 Å². The second-order valence-electron chi connectivity index (χ2n) is 10.8. The molecule has 10 heteroatoms. The van der Waals surface area contributed by atoms with Crippen molar-refractivity contribution in [2.24, 2.45) is 5.92 Å². The number of sulfonamides is 1. The smallest absolute Gasteiger partial charge is 0.264 e. The number of anilines is 1. The molecule has 0 spiro atoms. The van der Waals surface area contributed by atoms with E-state index in [4.69, 9.17) is 23.2 Å². The molecular weight excluding hydrogens is 617 g/mol. The molecule has 0 bridgehead atoms. The third-order valence-corrected chi connectivity index (χ3v) is 9.25. The van der Waals surface area contributed by atoms with Crippen LogP contribution in [0.5, 0.6) is 0 Å². The quantitative estimate of drug-likeness (QED) is 0.176. The maximum atomic E-state index is 14.4. The minimum absolute atomic E-state index is 0.0102. The number of carbonyl (C=O) groups excluding carboxylic acids is 2. The fraction of sp³-hybridized carbons (Fsp3) is 0.235. The predicted octanol–water partition coefficient (Wildman–Crippen LogP) is 6.60. The number of rotatable bonds is 13. The number of nitrogens with zero attached hydrogens (tertiary/aromatic N) is 2. The molecule has 0 aliphatic heterocycles. The summed E-state index contributed by atoms with van der Waals surface area (Å²) in [5, 5.41) is 3.36. The van der Waals surface area contributed by atoms with Gasteiger partial charge in [-0.15, -0.1) is 0 Å². The van der Waals surface area contributed by atoms with Gasteiger partial charge < -0.3 is 10.2 Å². The second-order valence-corrected chi connectivity index (χ2v) is 13.5. The monoisotopic (exact) mass is 651 g/mol. The van der Waals surface area contributed by atoms with Crippen molar-refractivity contribution >= 4 is 50.7 Å². The van der Waals surface area contributed by atoms with Crippen LogP contribution in [0.1, 0.15) is 25.0 Å². The van der Waals surface area contributed by atoms with Crippen LogP contribution in [0, 0.1) is 5.92 Å². The van der Waals surface area contributed by atoms with Crippen LogP contribution >= 0.6 is 23.2 Å². The van der Waals surface area contributed by atoms with E-state index < -0.39 is 28.5 Å². The number of nitrogens with one attached hydrogen (secondary N) is 1. The molecule has 4 aromatic rings. The maximum absolute atomic E-state index is 14.4. The van der Waals surface area contributed by atoms with E-state index in [-0.39, 0.29) is 40.4 Å². The summed E-state index contributed by atoms with van der Waals surface area (Å²) in [6.07, 6.45) is 0.233. The van der Waals surface area contributed by atoms with Gasteiger partial charge in [-0.1, -0.05) is 116 Å². The number of hydrogen-bond acceptors (Lipinski definition) is 4. The first-order chi connectivity index (χ1) is 21.1. The normalized spacial score (nSPS) is 12.0. The molecule has 0 fully saturated rings. The second kappa shape index (κ2) is 15.2. The minimum Gasteiger partial charge on any atom is -0.354 e. The molecule has 2 amide bonds. The van der Waals surface area contributed by atoms with Crippen LogP contribution in [0.2, 0.25) is 10.0 Å². The Morgan fingerprint density at radius 2 is 1.36 bits per heavy atom. The van der Waals surface area contributed by atoms with Gasteiger partial charge in [-0.3, -0.25) is 13.9 Å². The lowest BCUT2D eigenvalue weighted by atomic mass is 10.0. The average molecular weight is 653 g/mol. The van der Waals surface area contributed by atoms with Crippen molar-refractivity contribution in [2.45, 2.75) is 37.8 Å². The summed E-state index contributed by atoms with van der Waals surface area (Å²) in [4.78, 5) is 29.7. The molecule has 0 saturated heterocycles. The Kier molecular flexibility index (Phi) is 11.4. The van der Waals surface area contributed by atoms with Crippen molar-refractivity contribution in [1.29, 1.82) is 0 Å². The zero-order valence-corrected chi connectivity index (χ0v) is 26.9. The highest BCUT2D eigenvalue weighted by Crippen LogP contribution is 2.33. The number of hydrogen-bond donors (Lipinski definition) is 1. The fourth-order valence-electron chi connectivity index (χ4n) is 4.67. The van der Waals surface area contributed by atoms with E-state index in [1.165, 1.54) is 35.2 Å². The summed E-state index contributed by atoms with van der Waals surface area (Å²) in [5.41, 5.74) is 1.74. The van der Waals surface area contributed by atoms with E-state index >= 15 is 0 Å². The van der Waals surface area contributed by atoms with Crippen molar-refractivity contribution in [3.05, 3.63) is 130 Å². The third-order valence-electron chi connectivity index (χ3n) is 6.94. The van der Waals surface area contributed by atoms with Crippen molar-refractivity contribution in [1.82, 2.24) is 10.2 Å². The Hall–Kier alpha value is -3.85. The van der Waals surface area contributed by atoms with Gasteiger partial charge in [-0.25, -0.2) is 8.42 Å². The van der Waals surface area contributed by atoms with Crippen molar-refractivity contribution in [3.63, 3.8) is 0 Å². The third kappa shape index (κ3) is 8.62. The Labute approximate surface area is 269 Å². The van der Waals surface area contributed by atoms with Crippen LogP contribution in [0.25, 0.3) is 0 Å². The highest BCUT2D eigenvalue weighted by molar-refractivity contribution is 7.92. The average Bonchev–Trinajstić information content (AvgIpc) is 3.02. The molecule has 7 nitrogen and oxygen atoms in total. The molecule has 0 heterocycles. The first kappa shape index (κ1) is 33.1. The van der Waals surface area contributed by atoms with Crippen molar-refractivity contribution < 1.29 is 18.0 Å². The molecule has 0 unspecified atom stereocenters. The van der Waals surface area contributed by atoms with Crippen molar-refractivity contribution in [3.8, 4) is 0 Å². The van der Waals surface area contributed by atoms with Gasteiger partial charge in [-0.2, -0.15) is 0 Å². The van der Waals surface area contributed by atoms with Crippen LogP contribution in [0.15, 0.2) is 114 Å². The standard InChI is InChI=1S/C34H35Cl2N3O4S/c1-25(2)22-37-34(41)32(20-26-12-6-3-7-13-26)38(23-27-14-8-4-9-15-27)33(40)24-39(31-19-18-28(35)21-30(31)36)44(42,43)29-16-10-5-11-17-29/h3-19,21,25,32H,20,22-24H2,1-2H3,(H,37,41)/t32-/m0/s1. The van der Waals surface area contributed by atoms with Gasteiger partial charge in [0.25, 0.3) is 10.0 Å². The molecule has 0 aliphatic rings. The summed E-state index contributed by atoms with van der Waals surface area (Å²) in [7, 11) is -4.26. The van der Waals surface area contributed by atoms with Gasteiger partial charge >= 0.3 is 0 Å². The summed E-state index contributed by atoms with van der Waals surface area (Å²) >= 11 is 12.7. The number of benzene rings is 4. The zero-order chi connectivity index (χ0) is 31.7. The number of halogens is 2. The van der Waals surface area contributed by atoms with E-state index in [0.717, 1.165) is 15.4 Å². The van der Waals surface area contributed by atoms with Crippen LogP contribution in [0.3, 0.4) is 0 Å². The summed E-state index contributed by atoms with van der Waals surface area (Å²) < 4.78 is 29.1. The highest BCUT2D eigenvalue weighted by Gasteiger charge is 2.35. The maximum Gasteiger partial charge on any atom is 0.264 e. The van der Waals surface area contributed by atoms with E-state index in [0.29, 0.717) is 11.6 Å². The summed E-state index contributed by atoms with van der Waals surface area (Å²) in [5.74, 6) is -0.706. The van der Waals surface area contributed by atoms with Gasteiger partial charge in [-0.05, 0) is 47.4 Å². The first-order valence-corrected chi connectivity index (χ1v) is 16.4. The van der Waals surface area contributed by atoms with Gasteiger partial charge in [0, 0.05) is 24.5 Å². The Morgan fingerprint density at radius 3 is 1.93 bits per heavy atom. The van der Waals surface area contributed by atoms with Gasteiger partial charge in [0.1, 0.15) is 12.6 Å². The molecule has 4 rings (SSSR count). The largest absolute Gasteiger partial charge is 0.354 e. The predicted molar refractivity (Wildman–Crippen MR) is 176 cm³/mol. The molecule has 230 valence electrons. The van der Waals surface area contributed by atoms with Crippen LogP contribution < -0.4 is 9.62 Å². The number of amides is 2. The van der Waals surface area contributed by atoms with Crippen LogP contribution in [-0.2, 0) is 32.6 Å². The number of carbonyl (C=O) groups is 2. The SMILES string of the molecule is CC(C)CNC(=O)[C@H](Cc1ccccc1)N(Cc1ccccc1)C(=O)CN(c1ccc(Cl)cc1Cl)S(=O)(=O)c1ccccc1. The van der Waals surface area contributed by atoms with Gasteiger partial charge in [0.2, 0.25) is 11.8 Å². The van der Waals surface area contributed by atoms with E-state index in [1.54, 1.807) is 18.2 Å². The molecule has 1 atom stereocenters. The van der Waals surface area contributed by atoms with Gasteiger partial charge in [0.05, 0.1) is 15.6 Å². The summed E-state index contributed by atoms with van der Waals surface area (Å²) in [6.45, 7) is 3.88. The van der Waals surface area contributed by atoms with E-state index in [1.807, 2.05) is 74.5 Å². The first-order valence-electron chi connectivity index (χ1n) is 14.2.